The van der Waals surface area contributed by atoms with Gasteiger partial charge in [-0.3, -0.25) is 9.38 Å². The van der Waals surface area contributed by atoms with Gasteiger partial charge in [0.05, 0.1) is 21.4 Å². The van der Waals surface area contributed by atoms with Crippen LogP contribution in [-0.2, 0) is 6.54 Å². The Kier molecular flexibility index (Phi) is 3.14. The smallest absolute Gasteiger partial charge is 0.156 e. The molecule has 0 aromatic carbocycles. The molecule has 0 bridgehead atoms. The van der Waals surface area contributed by atoms with Crippen LogP contribution in [0.5, 0.6) is 0 Å². The summed E-state index contributed by atoms with van der Waals surface area (Å²) in [5.74, 6) is 0. The number of rotatable bonds is 2. The molecule has 6 heteroatoms. The molecule has 2 N–H and O–H groups in total. The first kappa shape index (κ1) is 12.4. The largest absolute Gasteiger partial charge is 0.325 e. The highest BCUT2D eigenvalue weighted by molar-refractivity contribution is 6.36. The predicted octanol–water partition coefficient (Wildman–Crippen LogP) is 3.16. The fourth-order valence-corrected chi connectivity index (χ4v) is 2.57. The molecule has 3 aromatic heterocycles. The van der Waals surface area contributed by atoms with Crippen molar-refractivity contribution >= 4 is 28.8 Å². The minimum atomic E-state index is 0.343. The Hall–Kier alpha value is -1.62. The first-order valence-corrected chi connectivity index (χ1v) is 6.42. The van der Waals surface area contributed by atoms with Crippen molar-refractivity contribution in [1.82, 2.24) is 14.4 Å². The quantitative estimate of drug-likeness (QED) is 0.789. The maximum absolute atomic E-state index is 6.17. The number of hydrogen-bond donors (Lipinski definition) is 1. The lowest BCUT2D eigenvalue weighted by Crippen LogP contribution is -2.02. The first-order chi connectivity index (χ1) is 9.20. The van der Waals surface area contributed by atoms with Crippen molar-refractivity contribution in [2.45, 2.75) is 6.54 Å². The SMILES string of the molecule is NCc1c(-c2ccncc2)nc2c(Cl)cc(Cl)cn12. The van der Waals surface area contributed by atoms with Crippen LogP contribution in [0.15, 0.2) is 36.8 Å². The fraction of sp³-hybridized carbons (Fsp3) is 0.0769. The van der Waals surface area contributed by atoms with E-state index in [-0.39, 0.29) is 0 Å². The molecule has 0 amide bonds. The zero-order chi connectivity index (χ0) is 13.4. The fourth-order valence-electron chi connectivity index (χ4n) is 2.06. The Labute approximate surface area is 119 Å². The third-order valence-corrected chi connectivity index (χ3v) is 3.37. The molecule has 0 spiro atoms. The van der Waals surface area contributed by atoms with E-state index < -0.39 is 0 Å². The van der Waals surface area contributed by atoms with E-state index in [0.717, 1.165) is 17.0 Å². The molecular formula is C13H10Cl2N4. The Balaban J connectivity index is 2.35. The summed E-state index contributed by atoms with van der Waals surface area (Å²) >= 11 is 12.2. The van der Waals surface area contributed by atoms with E-state index in [0.29, 0.717) is 22.2 Å². The van der Waals surface area contributed by atoms with Crippen molar-refractivity contribution in [3.05, 3.63) is 52.5 Å². The number of imidazole rings is 1. The van der Waals surface area contributed by atoms with Crippen LogP contribution in [0.2, 0.25) is 10.0 Å². The molecule has 0 saturated heterocycles. The normalized spacial score (nSPS) is 11.1. The van der Waals surface area contributed by atoms with Gasteiger partial charge in [0.15, 0.2) is 5.65 Å². The van der Waals surface area contributed by atoms with E-state index in [1.54, 1.807) is 24.7 Å². The van der Waals surface area contributed by atoms with Crippen molar-refractivity contribution in [1.29, 1.82) is 0 Å². The number of nitrogens with zero attached hydrogens (tertiary/aromatic N) is 3. The van der Waals surface area contributed by atoms with Crippen molar-refractivity contribution in [3.8, 4) is 11.3 Å². The molecule has 0 atom stereocenters. The lowest BCUT2D eigenvalue weighted by Gasteiger charge is -2.02. The van der Waals surface area contributed by atoms with Gasteiger partial charge in [0, 0.05) is 30.7 Å². The zero-order valence-electron chi connectivity index (χ0n) is 9.85. The maximum atomic E-state index is 6.17. The highest BCUT2D eigenvalue weighted by Gasteiger charge is 2.15. The summed E-state index contributed by atoms with van der Waals surface area (Å²) in [6, 6.07) is 5.44. The van der Waals surface area contributed by atoms with Gasteiger partial charge in [-0.05, 0) is 18.2 Å². The first-order valence-electron chi connectivity index (χ1n) is 5.67. The van der Waals surface area contributed by atoms with Gasteiger partial charge < -0.3 is 5.73 Å². The van der Waals surface area contributed by atoms with E-state index in [1.165, 1.54) is 0 Å². The van der Waals surface area contributed by atoms with Crippen LogP contribution in [0.4, 0.5) is 0 Å². The topological polar surface area (TPSA) is 56.2 Å². The maximum Gasteiger partial charge on any atom is 0.156 e. The number of nitrogens with two attached hydrogens (primary N) is 1. The summed E-state index contributed by atoms with van der Waals surface area (Å²) in [7, 11) is 0. The molecular weight excluding hydrogens is 283 g/mol. The average Bonchev–Trinajstić information content (AvgIpc) is 2.78. The van der Waals surface area contributed by atoms with Crippen LogP contribution < -0.4 is 5.73 Å². The summed E-state index contributed by atoms with van der Waals surface area (Å²) < 4.78 is 1.83. The minimum absolute atomic E-state index is 0.343. The summed E-state index contributed by atoms with van der Waals surface area (Å²) in [5.41, 5.74) is 9.10. The van der Waals surface area contributed by atoms with Crippen LogP contribution in [0.25, 0.3) is 16.9 Å². The van der Waals surface area contributed by atoms with Gasteiger partial charge in [-0.2, -0.15) is 0 Å². The van der Waals surface area contributed by atoms with E-state index in [9.17, 15) is 0 Å². The molecule has 0 radical (unpaired) electrons. The second-order valence-electron chi connectivity index (χ2n) is 4.05. The lowest BCUT2D eigenvalue weighted by atomic mass is 10.1. The summed E-state index contributed by atoms with van der Waals surface area (Å²) in [6.45, 7) is 0.343. The van der Waals surface area contributed by atoms with E-state index in [2.05, 4.69) is 9.97 Å². The van der Waals surface area contributed by atoms with Crippen molar-refractivity contribution in [2.75, 3.05) is 0 Å². The van der Waals surface area contributed by atoms with Gasteiger partial charge in [-0.1, -0.05) is 23.2 Å². The second-order valence-corrected chi connectivity index (χ2v) is 4.89. The summed E-state index contributed by atoms with van der Waals surface area (Å²) in [6.07, 6.45) is 5.20. The van der Waals surface area contributed by atoms with Crippen LogP contribution in [0.1, 0.15) is 5.69 Å². The molecule has 0 fully saturated rings. The molecule has 19 heavy (non-hydrogen) atoms. The lowest BCUT2D eigenvalue weighted by molar-refractivity contribution is 0.962. The molecule has 4 nitrogen and oxygen atoms in total. The molecule has 0 aliphatic heterocycles. The van der Waals surface area contributed by atoms with Gasteiger partial charge in [0.1, 0.15) is 0 Å². The Morgan fingerprint density at radius 3 is 2.63 bits per heavy atom. The molecule has 0 saturated carbocycles. The molecule has 3 aromatic rings. The molecule has 3 rings (SSSR count). The number of pyridine rings is 2. The molecule has 96 valence electrons. The highest BCUT2D eigenvalue weighted by atomic mass is 35.5. The highest BCUT2D eigenvalue weighted by Crippen LogP contribution is 2.29. The van der Waals surface area contributed by atoms with E-state index in [1.807, 2.05) is 16.5 Å². The van der Waals surface area contributed by atoms with Gasteiger partial charge >= 0.3 is 0 Å². The third-order valence-electron chi connectivity index (χ3n) is 2.89. The Morgan fingerprint density at radius 1 is 1.21 bits per heavy atom. The molecule has 0 aliphatic rings. The summed E-state index contributed by atoms with van der Waals surface area (Å²) in [5, 5.41) is 1.05. The second kappa shape index (κ2) is 4.81. The number of fused-ring (bicyclic) bond motifs is 1. The van der Waals surface area contributed by atoms with Crippen molar-refractivity contribution < 1.29 is 0 Å². The van der Waals surface area contributed by atoms with Crippen LogP contribution in [-0.4, -0.2) is 14.4 Å². The molecule has 3 heterocycles. The van der Waals surface area contributed by atoms with Gasteiger partial charge in [0.25, 0.3) is 0 Å². The monoisotopic (exact) mass is 292 g/mol. The zero-order valence-corrected chi connectivity index (χ0v) is 11.4. The third kappa shape index (κ3) is 2.08. The van der Waals surface area contributed by atoms with Crippen molar-refractivity contribution in [2.24, 2.45) is 5.73 Å². The average molecular weight is 293 g/mol. The van der Waals surface area contributed by atoms with Gasteiger partial charge in [-0.15, -0.1) is 0 Å². The number of halogens is 2. The van der Waals surface area contributed by atoms with Crippen LogP contribution >= 0.6 is 23.2 Å². The van der Waals surface area contributed by atoms with Gasteiger partial charge in [-0.25, -0.2) is 4.98 Å². The molecule has 0 aliphatic carbocycles. The summed E-state index contributed by atoms with van der Waals surface area (Å²) in [4.78, 5) is 8.56. The van der Waals surface area contributed by atoms with Crippen LogP contribution in [0.3, 0.4) is 0 Å². The van der Waals surface area contributed by atoms with Crippen LogP contribution in [0, 0.1) is 0 Å². The predicted molar refractivity (Wildman–Crippen MR) is 76.3 cm³/mol. The number of aromatic nitrogens is 3. The standard InChI is InChI=1S/C13H10Cl2N4/c14-9-5-10(15)13-18-12(8-1-3-17-4-2-8)11(6-16)19(13)7-9/h1-5,7H,6,16H2. The van der Waals surface area contributed by atoms with E-state index in [4.69, 9.17) is 28.9 Å². The van der Waals surface area contributed by atoms with Gasteiger partial charge in [0.2, 0.25) is 0 Å². The Bertz CT molecular complexity index is 737. The molecule has 0 unspecified atom stereocenters. The van der Waals surface area contributed by atoms with E-state index >= 15 is 0 Å². The minimum Gasteiger partial charge on any atom is -0.325 e. The Morgan fingerprint density at radius 2 is 1.95 bits per heavy atom. The number of hydrogen-bond acceptors (Lipinski definition) is 3. The van der Waals surface area contributed by atoms with Crippen molar-refractivity contribution in [3.63, 3.8) is 0 Å².